The van der Waals surface area contributed by atoms with Crippen molar-refractivity contribution < 1.29 is 4.74 Å². The predicted molar refractivity (Wildman–Crippen MR) is 74.0 cm³/mol. The van der Waals surface area contributed by atoms with Crippen molar-refractivity contribution in [2.45, 2.75) is 37.8 Å². The summed E-state index contributed by atoms with van der Waals surface area (Å²) in [6.45, 7) is 5.94. The van der Waals surface area contributed by atoms with Crippen LogP contribution in [0.1, 0.15) is 26.2 Å². The molecule has 0 amide bonds. The Bertz CT molecular complexity index is 334. The van der Waals surface area contributed by atoms with Crippen molar-refractivity contribution in [1.29, 1.82) is 0 Å². The van der Waals surface area contributed by atoms with Crippen LogP contribution < -0.4 is 11.5 Å². The molecule has 2 aliphatic rings. The fourth-order valence-electron chi connectivity index (χ4n) is 2.91. The lowest BCUT2D eigenvalue weighted by Gasteiger charge is -2.39. The maximum atomic E-state index is 6.47. The molecule has 4 nitrogen and oxygen atoms in total. The van der Waals surface area contributed by atoms with Gasteiger partial charge in [-0.1, -0.05) is 19.1 Å². The molecule has 0 radical (unpaired) electrons. The van der Waals surface area contributed by atoms with Crippen LogP contribution >= 0.6 is 0 Å². The van der Waals surface area contributed by atoms with Crippen LogP contribution in [0.2, 0.25) is 0 Å². The highest BCUT2D eigenvalue weighted by Crippen LogP contribution is 2.26. The molecule has 0 aromatic carbocycles. The van der Waals surface area contributed by atoms with E-state index in [9.17, 15) is 0 Å². The Morgan fingerprint density at radius 2 is 2.17 bits per heavy atom. The number of ether oxygens (including phenoxy) is 1. The summed E-state index contributed by atoms with van der Waals surface area (Å²) in [7, 11) is 0. The summed E-state index contributed by atoms with van der Waals surface area (Å²) in [5, 5.41) is 0. The Labute approximate surface area is 110 Å². The summed E-state index contributed by atoms with van der Waals surface area (Å²) < 4.78 is 5.41. The molecule has 0 aromatic heterocycles. The van der Waals surface area contributed by atoms with Gasteiger partial charge in [0.15, 0.2) is 0 Å². The molecule has 1 aliphatic heterocycles. The molecule has 1 saturated heterocycles. The first-order chi connectivity index (χ1) is 8.63. The van der Waals surface area contributed by atoms with Crippen LogP contribution in [0.3, 0.4) is 0 Å². The van der Waals surface area contributed by atoms with E-state index < -0.39 is 0 Å². The first kappa shape index (κ1) is 13.6. The number of hydrogen-bond acceptors (Lipinski definition) is 4. The van der Waals surface area contributed by atoms with Crippen LogP contribution in [-0.2, 0) is 4.74 Å². The van der Waals surface area contributed by atoms with Gasteiger partial charge in [0.05, 0.1) is 13.2 Å². The molecular formula is C14H25N3O. The molecule has 1 aliphatic carbocycles. The summed E-state index contributed by atoms with van der Waals surface area (Å²) in [6.07, 6.45) is 8.90. The largest absolute Gasteiger partial charge is 0.402 e. The van der Waals surface area contributed by atoms with Gasteiger partial charge in [-0.15, -0.1) is 0 Å². The van der Waals surface area contributed by atoms with E-state index in [1.807, 2.05) is 12.2 Å². The minimum absolute atomic E-state index is 0.280. The van der Waals surface area contributed by atoms with Crippen molar-refractivity contribution in [1.82, 2.24) is 4.90 Å². The maximum absolute atomic E-state index is 6.47. The zero-order valence-electron chi connectivity index (χ0n) is 11.3. The van der Waals surface area contributed by atoms with E-state index >= 15 is 0 Å². The van der Waals surface area contributed by atoms with Crippen molar-refractivity contribution in [2.24, 2.45) is 11.5 Å². The topological polar surface area (TPSA) is 64.5 Å². The van der Waals surface area contributed by atoms with Gasteiger partial charge >= 0.3 is 0 Å². The van der Waals surface area contributed by atoms with Crippen molar-refractivity contribution in [3.05, 3.63) is 23.9 Å². The van der Waals surface area contributed by atoms with Crippen molar-refractivity contribution in [3.63, 3.8) is 0 Å². The number of rotatable bonds is 4. The Hall–Kier alpha value is -0.840. The molecule has 4 N–H and O–H groups in total. The van der Waals surface area contributed by atoms with E-state index in [1.54, 1.807) is 0 Å². The van der Waals surface area contributed by atoms with Gasteiger partial charge < -0.3 is 16.2 Å². The first-order valence-electron chi connectivity index (χ1n) is 6.87. The summed E-state index contributed by atoms with van der Waals surface area (Å²) in [5.41, 5.74) is 13.0. The van der Waals surface area contributed by atoms with E-state index in [-0.39, 0.29) is 5.54 Å². The van der Waals surface area contributed by atoms with E-state index in [4.69, 9.17) is 16.2 Å². The Morgan fingerprint density at radius 3 is 2.78 bits per heavy atom. The number of hydrogen-bond donors (Lipinski definition) is 2. The van der Waals surface area contributed by atoms with Gasteiger partial charge in [-0.25, -0.2) is 0 Å². The lowest BCUT2D eigenvalue weighted by Crippen LogP contribution is -2.50. The van der Waals surface area contributed by atoms with E-state index in [2.05, 4.69) is 17.9 Å². The highest BCUT2D eigenvalue weighted by molar-refractivity contribution is 5.25. The molecule has 0 saturated carbocycles. The average Bonchev–Trinajstić information content (AvgIpc) is 2.37. The van der Waals surface area contributed by atoms with Crippen molar-refractivity contribution >= 4 is 0 Å². The van der Waals surface area contributed by atoms with Gasteiger partial charge in [-0.05, 0) is 18.9 Å². The molecule has 0 spiro atoms. The molecule has 0 bridgehead atoms. The maximum Gasteiger partial charge on any atom is 0.0594 e. The van der Waals surface area contributed by atoms with Crippen LogP contribution in [0.5, 0.6) is 0 Å². The molecule has 4 heteroatoms. The van der Waals surface area contributed by atoms with Gasteiger partial charge in [0.2, 0.25) is 0 Å². The highest BCUT2D eigenvalue weighted by Gasteiger charge is 2.30. The second kappa shape index (κ2) is 5.87. The second-order valence-electron chi connectivity index (χ2n) is 5.43. The summed E-state index contributed by atoms with van der Waals surface area (Å²) in [6, 6.07) is 0.523. The number of nitrogens with zero attached hydrogens (tertiary/aromatic N) is 1. The first-order valence-corrected chi connectivity index (χ1v) is 6.87. The van der Waals surface area contributed by atoms with Crippen LogP contribution in [0.25, 0.3) is 0 Å². The normalized spacial score (nSPS) is 31.1. The molecule has 2 atom stereocenters. The quantitative estimate of drug-likeness (QED) is 0.782. The highest BCUT2D eigenvalue weighted by atomic mass is 16.5. The zero-order valence-corrected chi connectivity index (χ0v) is 11.3. The molecule has 1 heterocycles. The SMILES string of the molecule is CCC(CC1(N)C=CC=C(N)C1)N1CCOCC1. The lowest BCUT2D eigenvalue weighted by atomic mass is 9.83. The van der Waals surface area contributed by atoms with Gasteiger partial charge in [0.25, 0.3) is 0 Å². The van der Waals surface area contributed by atoms with Gasteiger partial charge in [-0.2, -0.15) is 0 Å². The van der Waals surface area contributed by atoms with Crippen molar-refractivity contribution in [2.75, 3.05) is 26.3 Å². The number of morpholine rings is 1. The van der Waals surface area contributed by atoms with E-state index in [1.165, 1.54) is 0 Å². The van der Waals surface area contributed by atoms with Crippen molar-refractivity contribution in [3.8, 4) is 0 Å². The second-order valence-corrected chi connectivity index (χ2v) is 5.43. The lowest BCUT2D eigenvalue weighted by molar-refractivity contribution is 0.0105. The molecule has 2 rings (SSSR count). The molecule has 0 aromatic rings. The van der Waals surface area contributed by atoms with Crippen LogP contribution in [-0.4, -0.2) is 42.8 Å². The van der Waals surface area contributed by atoms with E-state index in [0.29, 0.717) is 6.04 Å². The average molecular weight is 251 g/mol. The number of allylic oxidation sites excluding steroid dienone is 2. The van der Waals surface area contributed by atoms with Crippen LogP contribution in [0.15, 0.2) is 23.9 Å². The fourth-order valence-corrected chi connectivity index (χ4v) is 2.91. The fraction of sp³-hybridized carbons (Fsp3) is 0.714. The minimum atomic E-state index is -0.280. The zero-order chi connectivity index (χ0) is 13.0. The molecule has 18 heavy (non-hydrogen) atoms. The van der Waals surface area contributed by atoms with E-state index in [0.717, 1.165) is 51.3 Å². The third kappa shape index (κ3) is 3.34. The molecule has 102 valence electrons. The predicted octanol–water partition coefficient (Wildman–Crippen LogP) is 0.987. The molecular weight excluding hydrogens is 226 g/mol. The summed E-state index contributed by atoms with van der Waals surface area (Å²) >= 11 is 0. The number of nitrogens with two attached hydrogens (primary N) is 2. The molecule has 1 fully saturated rings. The summed E-state index contributed by atoms with van der Waals surface area (Å²) in [4.78, 5) is 2.50. The van der Waals surface area contributed by atoms with Gasteiger partial charge in [0, 0.05) is 36.8 Å². The third-order valence-electron chi connectivity index (χ3n) is 3.92. The smallest absolute Gasteiger partial charge is 0.0594 e. The molecule has 2 unspecified atom stereocenters. The van der Waals surface area contributed by atoms with Crippen LogP contribution in [0.4, 0.5) is 0 Å². The Morgan fingerprint density at radius 1 is 1.44 bits per heavy atom. The monoisotopic (exact) mass is 251 g/mol. The minimum Gasteiger partial charge on any atom is -0.402 e. The van der Waals surface area contributed by atoms with Gasteiger partial charge in [-0.3, -0.25) is 4.90 Å². The Balaban J connectivity index is 1.97. The standard InChI is InChI=1S/C14H25N3O/c1-2-13(17-6-8-18-9-7-17)11-14(16)5-3-4-12(15)10-14/h3-5,13H,2,6-11,15-16H2,1H3. The van der Waals surface area contributed by atoms with Gasteiger partial charge in [0.1, 0.15) is 0 Å². The third-order valence-corrected chi connectivity index (χ3v) is 3.92. The summed E-state index contributed by atoms with van der Waals surface area (Å²) in [5.74, 6) is 0. The van der Waals surface area contributed by atoms with Crippen LogP contribution in [0, 0.1) is 0 Å². The Kier molecular flexibility index (Phi) is 4.43.